The van der Waals surface area contributed by atoms with Crippen molar-refractivity contribution in [3.8, 4) is 0 Å². The largest absolute Gasteiger partial charge is 0.386 e. The molecule has 0 aliphatic heterocycles. The number of halogens is 1. The molecule has 0 aliphatic rings. The molecule has 0 spiro atoms. The average molecular weight is 273 g/mol. The van der Waals surface area contributed by atoms with Gasteiger partial charge in [0.25, 0.3) is 0 Å². The second-order valence-electron chi connectivity index (χ2n) is 3.60. The van der Waals surface area contributed by atoms with E-state index in [-0.39, 0.29) is 0 Å². The van der Waals surface area contributed by atoms with Gasteiger partial charge in [-0.05, 0) is 30.5 Å². The topological polar surface area (TPSA) is 29.5 Å². The number of benzene rings is 1. The van der Waals surface area contributed by atoms with E-state index in [0.29, 0.717) is 13.2 Å². The van der Waals surface area contributed by atoms with Crippen LogP contribution >= 0.6 is 15.9 Å². The van der Waals surface area contributed by atoms with Crippen molar-refractivity contribution in [1.82, 2.24) is 0 Å². The standard InChI is InChI=1S/C12H17BrO2/c1-3-6-15-8-12(14)10-5-4-9(2)11(13)7-10/h4-5,7,12,14H,3,6,8H2,1-2H3. The molecule has 1 N–H and O–H groups in total. The molecule has 0 heterocycles. The van der Waals surface area contributed by atoms with Gasteiger partial charge in [-0.2, -0.15) is 0 Å². The van der Waals surface area contributed by atoms with Crippen molar-refractivity contribution in [2.45, 2.75) is 26.4 Å². The maximum absolute atomic E-state index is 9.82. The molecule has 0 saturated heterocycles. The van der Waals surface area contributed by atoms with Gasteiger partial charge >= 0.3 is 0 Å². The first-order valence-corrected chi connectivity index (χ1v) is 5.96. The summed E-state index contributed by atoms with van der Waals surface area (Å²) in [6.07, 6.45) is 0.443. The minimum Gasteiger partial charge on any atom is -0.386 e. The van der Waals surface area contributed by atoms with Gasteiger partial charge in [-0.25, -0.2) is 0 Å². The molecule has 15 heavy (non-hydrogen) atoms. The Hall–Kier alpha value is -0.380. The smallest absolute Gasteiger partial charge is 0.102 e. The lowest BCUT2D eigenvalue weighted by molar-refractivity contribution is 0.0363. The van der Waals surface area contributed by atoms with Gasteiger partial charge in [0.1, 0.15) is 6.10 Å². The van der Waals surface area contributed by atoms with Crippen LogP contribution in [-0.2, 0) is 4.74 Å². The van der Waals surface area contributed by atoms with Gasteiger partial charge in [0, 0.05) is 11.1 Å². The zero-order valence-electron chi connectivity index (χ0n) is 9.16. The molecule has 0 aliphatic carbocycles. The summed E-state index contributed by atoms with van der Waals surface area (Å²) in [5, 5.41) is 9.82. The van der Waals surface area contributed by atoms with Gasteiger partial charge < -0.3 is 9.84 Å². The number of hydrogen-bond donors (Lipinski definition) is 1. The summed E-state index contributed by atoms with van der Waals surface area (Å²) < 4.78 is 6.33. The zero-order chi connectivity index (χ0) is 11.3. The van der Waals surface area contributed by atoms with Crippen molar-refractivity contribution in [3.63, 3.8) is 0 Å². The third-order valence-electron chi connectivity index (χ3n) is 2.20. The van der Waals surface area contributed by atoms with Crippen LogP contribution < -0.4 is 0 Å². The Labute approximate surface area is 99.4 Å². The molecule has 1 unspecified atom stereocenters. The molecular formula is C12H17BrO2. The van der Waals surface area contributed by atoms with Crippen LogP contribution in [0.1, 0.15) is 30.6 Å². The lowest BCUT2D eigenvalue weighted by Crippen LogP contribution is -2.07. The molecule has 84 valence electrons. The summed E-state index contributed by atoms with van der Waals surface area (Å²) >= 11 is 3.44. The van der Waals surface area contributed by atoms with Crippen LogP contribution in [0.5, 0.6) is 0 Å². The summed E-state index contributed by atoms with van der Waals surface area (Å²) in [4.78, 5) is 0. The van der Waals surface area contributed by atoms with E-state index in [0.717, 1.165) is 16.5 Å². The maximum Gasteiger partial charge on any atom is 0.102 e. The molecular weight excluding hydrogens is 256 g/mol. The fourth-order valence-electron chi connectivity index (χ4n) is 1.25. The van der Waals surface area contributed by atoms with Crippen LogP contribution in [0.25, 0.3) is 0 Å². The molecule has 0 fully saturated rings. The first-order chi connectivity index (χ1) is 7.15. The van der Waals surface area contributed by atoms with Crippen LogP contribution in [0.4, 0.5) is 0 Å². The van der Waals surface area contributed by atoms with Gasteiger partial charge in [0.15, 0.2) is 0 Å². The summed E-state index contributed by atoms with van der Waals surface area (Å²) in [5.41, 5.74) is 2.06. The molecule has 1 aromatic rings. The quantitative estimate of drug-likeness (QED) is 0.835. The van der Waals surface area contributed by atoms with Gasteiger partial charge in [0.05, 0.1) is 6.61 Å². The number of aliphatic hydroxyl groups excluding tert-OH is 1. The first kappa shape index (κ1) is 12.7. The molecule has 0 aromatic heterocycles. The van der Waals surface area contributed by atoms with Crippen molar-refractivity contribution < 1.29 is 9.84 Å². The molecule has 0 saturated carbocycles. The van der Waals surface area contributed by atoms with Crippen molar-refractivity contribution >= 4 is 15.9 Å². The molecule has 0 amide bonds. The van der Waals surface area contributed by atoms with E-state index in [1.165, 1.54) is 5.56 Å². The van der Waals surface area contributed by atoms with Crippen LogP contribution in [0.3, 0.4) is 0 Å². The molecule has 0 bridgehead atoms. The Kier molecular flexibility index (Phi) is 5.29. The molecule has 3 heteroatoms. The Bertz CT molecular complexity index is 312. The highest BCUT2D eigenvalue weighted by Gasteiger charge is 2.08. The van der Waals surface area contributed by atoms with Gasteiger partial charge in [-0.15, -0.1) is 0 Å². The molecule has 1 rings (SSSR count). The number of hydrogen-bond acceptors (Lipinski definition) is 2. The number of aryl methyl sites for hydroxylation is 1. The summed E-state index contributed by atoms with van der Waals surface area (Å²) in [5.74, 6) is 0. The van der Waals surface area contributed by atoms with Crippen LogP contribution in [-0.4, -0.2) is 18.3 Å². The maximum atomic E-state index is 9.82. The normalized spacial score (nSPS) is 12.8. The molecule has 1 aromatic carbocycles. The predicted molar refractivity (Wildman–Crippen MR) is 64.9 cm³/mol. The van der Waals surface area contributed by atoms with Crippen molar-refractivity contribution in [2.24, 2.45) is 0 Å². The second kappa shape index (κ2) is 6.26. The second-order valence-corrected chi connectivity index (χ2v) is 4.45. The van der Waals surface area contributed by atoms with Crippen molar-refractivity contribution in [2.75, 3.05) is 13.2 Å². The van der Waals surface area contributed by atoms with E-state index in [4.69, 9.17) is 4.74 Å². The van der Waals surface area contributed by atoms with Crippen molar-refractivity contribution in [3.05, 3.63) is 33.8 Å². The Morgan fingerprint density at radius 1 is 1.47 bits per heavy atom. The van der Waals surface area contributed by atoms with Gasteiger partial charge in [0.2, 0.25) is 0 Å². The van der Waals surface area contributed by atoms with Crippen LogP contribution in [0.15, 0.2) is 22.7 Å². The van der Waals surface area contributed by atoms with Gasteiger partial charge in [-0.3, -0.25) is 0 Å². The van der Waals surface area contributed by atoms with Crippen molar-refractivity contribution in [1.29, 1.82) is 0 Å². The van der Waals surface area contributed by atoms with E-state index >= 15 is 0 Å². The van der Waals surface area contributed by atoms with Gasteiger partial charge in [-0.1, -0.05) is 35.0 Å². The van der Waals surface area contributed by atoms with E-state index in [1.54, 1.807) is 0 Å². The lowest BCUT2D eigenvalue weighted by atomic mass is 10.1. The fraction of sp³-hybridized carbons (Fsp3) is 0.500. The average Bonchev–Trinajstić information content (AvgIpc) is 2.22. The third kappa shape index (κ3) is 3.93. The summed E-state index contributed by atoms with van der Waals surface area (Å²) in [7, 11) is 0. The highest BCUT2D eigenvalue weighted by atomic mass is 79.9. The Balaban J connectivity index is 2.57. The minimum atomic E-state index is -0.534. The van der Waals surface area contributed by atoms with E-state index in [2.05, 4.69) is 22.9 Å². The summed E-state index contributed by atoms with van der Waals surface area (Å²) in [6.45, 7) is 5.14. The molecule has 0 radical (unpaired) electrons. The highest BCUT2D eigenvalue weighted by Crippen LogP contribution is 2.21. The third-order valence-corrected chi connectivity index (χ3v) is 3.06. The minimum absolute atomic E-state index is 0.364. The number of ether oxygens (including phenoxy) is 1. The predicted octanol–water partition coefficient (Wildman–Crippen LogP) is 3.22. The Morgan fingerprint density at radius 2 is 2.20 bits per heavy atom. The Morgan fingerprint density at radius 3 is 2.80 bits per heavy atom. The summed E-state index contributed by atoms with van der Waals surface area (Å²) in [6, 6.07) is 5.86. The van der Waals surface area contributed by atoms with E-state index < -0.39 is 6.10 Å². The van der Waals surface area contributed by atoms with E-state index in [1.807, 2.05) is 25.1 Å². The first-order valence-electron chi connectivity index (χ1n) is 5.17. The monoisotopic (exact) mass is 272 g/mol. The van der Waals surface area contributed by atoms with Crippen LogP contribution in [0.2, 0.25) is 0 Å². The zero-order valence-corrected chi connectivity index (χ0v) is 10.8. The van der Waals surface area contributed by atoms with Crippen LogP contribution in [0, 0.1) is 6.92 Å². The van der Waals surface area contributed by atoms with E-state index in [9.17, 15) is 5.11 Å². The highest BCUT2D eigenvalue weighted by molar-refractivity contribution is 9.10. The lowest BCUT2D eigenvalue weighted by Gasteiger charge is -2.12. The number of rotatable bonds is 5. The molecule has 2 nitrogen and oxygen atoms in total. The SMILES string of the molecule is CCCOCC(O)c1ccc(C)c(Br)c1. The fourth-order valence-corrected chi connectivity index (χ4v) is 1.65. The molecule has 1 atom stereocenters. The number of aliphatic hydroxyl groups is 1.